The summed E-state index contributed by atoms with van der Waals surface area (Å²) in [6, 6.07) is 12.9. The van der Waals surface area contributed by atoms with E-state index in [4.69, 9.17) is 4.74 Å². The molecule has 120 valence electrons. The number of hydrogen-bond acceptors (Lipinski definition) is 3. The number of aromatic nitrogens is 1. The van der Waals surface area contributed by atoms with Crippen molar-refractivity contribution in [3.05, 3.63) is 58.4 Å². The van der Waals surface area contributed by atoms with Crippen molar-refractivity contribution in [3.63, 3.8) is 0 Å². The lowest BCUT2D eigenvalue weighted by atomic mass is 10.1. The topological polar surface area (TPSA) is 62.4 Å². The number of carbonyl (C=O) groups is 1. The zero-order valence-corrected chi connectivity index (χ0v) is 13.3. The molecule has 5 heteroatoms. The minimum atomic E-state index is -0.359. The molecule has 1 aliphatic rings. The molecule has 1 saturated heterocycles. The fourth-order valence-electron chi connectivity index (χ4n) is 2.77. The standard InChI is InChI=1S/C18H20N2O3/c1-12-11-23-13(2)10-20(12)18(22)15-8-9-16(19-17(15)21)14-6-4-3-5-7-14/h3-9,12-13H,10-11H2,1-2H3,(H,19,21)/t12-,13-/m0/s1. The summed E-state index contributed by atoms with van der Waals surface area (Å²) >= 11 is 0. The quantitative estimate of drug-likeness (QED) is 0.925. The molecule has 0 spiro atoms. The number of nitrogens with zero attached hydrogens (tertiary/aromatic N) is 1. The number of morpholine rings is 1. The number of nitrogens with one attached hydrogen (secondary N) is 1. The molecule has 1 amide bonds. The molecule has 2 heterocycles. The molecular weight excluding hydrogens is 292 g/mol. The van der Waals surface area contributed by atoms with Gasteiger partial charge in [-0.05, 0) is 31.5 Å². The first kappa shape index (κ1) is 15.5. The highest BCUT2D eigenvalue weighted by atomic mass is 16.5. The molecule has 2 aromatic rings. The van der Waals surface area contributed by atoms with E-state index in [1.54, 1.807) is 17.0 Å². The molecular formula is C18H20N2O3. The van der Waals surface area contributed by atoms with Gasteiger partial charge < -0.3 is 14.6 Å². The molecule has 23 heavy (non-hydrogen) atoms. The highest BCUT2D eigenvalue weighted by Gasteiger charge is 2.29. The van der Waals surface area contributed by atoms with Gasteiger partial charge in [0.2, 0.25) is 0 Å². The van der Waals surface area contributed by atoms with Crippen molar-refractivity contribution >= 4 is 5.91 Å². The van der Waals surface area contributed by atoms with Gasteiger partial charge in [0.05, 0.1) is 18.8 Å². The first-order chi connectivity index (χ1) is 11.1. The summed E-state index contributed by atoms with van der Waals surface area (Å²) in [4.78, 5) is 29.5. The van der Waals surface area contributed by atoms with Gasteiger partial charge >= 0.3 is 0 Å². The first-order valence-electron chi connectivity index (χ1n) is 7.77. The fourth-order valence-corrected chi connectivity index (χ4v) is 2.77. The Morgan fingerprint density at radius 1 is 1.17 bits per heavy atom. The maximum atomic E-state index is 12.7. The van der Waals surface area contributed by atoms with Gasteiger partial charge in [-0.3, -0.25) is 9.59 Å². The predicted molar refractivity (Wildman–Crippen MR) is 88.4 cm³/mol. The average molecular weight is 312 g/mol. The van der Waals surface area contributed by atoms with Gasteiger partial charge in [-0.1, -0.05) is 30.3 Å². The van der Waals surface area contributed by atoms with Crippen molar-refractivity contribution in [2.45, 2.75) is 26.0 Å². The SMILES string of the molecule is C[C@H]1CN(C(=O)c2ccc(-c3ccccc3)[nH]c2=O)[C@@H](C)CO1. The molecule has 0 saturated carbocycles. The average Bonchev–Trinajstić information content (AvgIpc) is 2.57. The lowest BCUT2D eigenvalue weighted by Crippen LogP contribution is -2.51. The third kappa shape index (κ3) is 3.19. The zero-order chi connectivity index (χ0) is 16.4. The molecule has 1 aromatic carbocycles. The predicted octanol–water partition coefficient (Wildman–Crippen LogP) is 2.29. The summed E-state index contributed by atoms with van der Waals surface area (Å²) in [5.41, 5.74) is 1.43. The van der Waals surface area contributed by atoms with Gasteiger partial charge in [-0.15, -0.1) is 0 Å². The van der Waals surface area contributed by atoms with Gasteiger partial charge in [-0.2, -0.15) is 0 Å². The minimum Gasteiger partial charge on any atom is -0.375 e. The Morgan fingerprint density at radius 2 is 1.91 bits per heavy atom. The second-order valence-electron chi connectivity index (χ2n) is 5.93. The van der Waals surface area contributed by atoms with Crippen molar-refractivity contribution in [2.75, 3.05) is 13.2 Å². The van der Waals surface area contributed by atoms with E-state index in [2.05, 4.69) is 4.98 Å². The smallest absolute Gasteiger partial charge is 0.261 e. The number of pyridine rings is 1. The molecule has 0 aliphatic carbocycles. The Balaban J connectivity index is 1.89. The van der Waals surface area contributed by atoms with E-state index < -0.39 is 0 Å². The summed E-state index contributed by atoms with van der Waals surface area (Å²) in [6.07, 6.45) is -0.0159. The van der Waals surface area contributed by atoms with Crippen LogP contribution in [0.1, 0.15) is 24.2 Å². The van der Waals surface area contributed by atoms with Crippen LogP contribution in [0.4, 0.5) is 0 Å². The number of hydrogen-bond donors (Lipinski definition) is 1. The third-order valence-corrected chi connectivity index (χ3v) is 4.09. The molecule has 5 nitrogen and oxygen atoms in total. The molecule has 0 unspecified atom stereocenters. The van der Waals surface area contributed by atoms with Crippen LogP contribution in [-0.4, -0.2) is 41.1 Å². The Kier molecular flexibility index (Phi) is 4.30. The molecule has 2 atom stereocenters. The Hall–Kier alpha value is -2.40. The monoisotopic (exact) mass is 312 g/mol. The Bertz CT molecular complexity index is 754. The second-order valence-corrected chi connectivity index (χ2v) is 5.93. The minimum absolute atomic E-state index is 0.0159. The fraction of sp³-hybridized carbons (Fsp3) is 0.333. The van der Waals surface area contributed by atoms with Crippen molar-refractivity contribution in [2.24, 2.45) is 0 Å². The van der Waals surface area contributed by atoms with Crippen LogP contribution in [-0.2, 0) is 4.74 Å². The van der Waals surface area contributed by atoms with E-state index in [9.17, 15) is 9.59 Å². The highest BCUT2D eigenvalue weighted by molar-refractivity contribution is 5.94. The molecule has 0 radical (unpaired) electrons. The summed E-state index contributed by atoms with van der Waals surface area (Å²) in [5, 5.41) is 0. The van der Waals surface area contributed by atoms with E-state index in [1.165, 1.54) is 0 Å². The maximum absolute atomic E-state index is 12.7. The van der Waals surface area contributed by atoms with Crippen LogP contribution in [0.2, 0.25) is 0 Å². The van der Waals surface area contributed by atoms with Gasteiger partial charge in [0.15, 0.2) is 0 Å². The maximum Gasteiger partial charge on any atom is 0.261 e. The van der Waals surface area contributed by atoms with Crippen molar-refractivity contribution < 1.29 is 9.53 Å². The van der Waals surface area contributed by atoms with E-state index >= 15 is 0 Å². The second kappa shape index (κ2) is 6.38. The Morgan fingerprint density at radius 3 is 2.61 bits per heavy atom. The first-order valence-corrected chi connectivity index (χ1v) is 7.77. The van der Waals surface area contributed by atoms with Gasteiger partial charge in [0.25, 0.3) is 11.5 Å². The van der Waals surface area contributed by atoms with E-state index in [0.29, 0.717) is 18.8 Å². The third-order valence-electron chi connectivity index (χ3n) is 4.09. The molecule has 3 rings (SSSR count). The van der Waals surface area contributed by atoms with Crippen LogP contribution in [0.25, 0.3) is 11.3 Å². The molecule has 1 fully saturated rings. The number of rotatable bonds is 2. The zero-order valence-electron chi connectivity index (χ0n) is 13.3. The highest BCUT2D eigenvalue weighted by Crippen LogP contribution is 2.17. The van der Waals surface area contributed by atoms with Crippen LogP contribution in [0.15, 0.2) is 47.3 Å². The van der Waals surface area contributed by atoms with Crippen molar-refractivity contribution in [1.29, 1.82) is 0 Å². The number of ether oxygens (including phenoxy) is 1. The van der Waals surface area contributed by atoms with Gasteiger partial charge in [0, 0.05) is 12.2 Å². The Labute approximate surface area is 134 Å². The summed E-state index contributed by atoms with van der Waals surface area (Å²) in [7, 11) is 0. The normalized spacial score (nSPS) is 21.2. The van der Waals surface area contributed by atoms with Crippen molar-refractivity contribution in [1.82, 2.24) is 9.88 Å². The molecule has 1 aromatic heterocycles. The van der Waals surface area contributed by atoms with E-state index in [-0.39, 0.29) is 29.2 Å². The largest absolute Gasteiger partial charge is 0.375 e. The lowest BCUT2D eigenvalue weighted by molar-refractivity contribution is -0.0387. The van der Waals surface area contributed by atoms with Crippen molar-refractivity contribution in [3.8, 4) is 11.3 Å². The van der Waals surface area contributed by atoms with Gasteiger partial charge in [0.1, 0.15) is 5.56 Å². The number of carbonyl (C=O) groups excluding carboxylic acids is 1. The number of benzene rings is 1. The molecule has 1 aliphatic heterocycles. The van der Waals surface area contributed by atoms with Crippen LogP contribution in [0.3, 0.4) is 0 Å². The molecule has 1 N–H and O–H groups in total. The van der Waals surface area contributed by atoms with Crippen LogP contribution < -0.4 is 5.56 Å². The van der Waals surface area contributed by atoms with E-state index in [0.717, 1.165) is 5.56 Å². The number of H-pyrrole nitrogens is 1. The summed E-state index contributed by atoms with van der Waals surface area (Å²) in [5.74, 6) is -0.242. The van der Waals surface area contributed by atoms with Gasteiger partial charge in [-0.25, -0.2) is 0 Å². The summed E-state index contributed by atoms with van der Waals surface area (Å²) in [6.45, 7) is 4.85. The lowest BCUT2D eigenvalue weighted by Gasteiger charge is -2.36. The van der Waals surface area contributed by atoms with E-state index in [1.807, 2.05) is 44.2 Å². The summed E-state index contributed by atoms with van der Waals surface area (Å²) < 4.78 is 5.53. The van der Waals surface area contributed by atoms with Crippen LogP contribution >= 0.6 is 0 Å². The number of aromatic amines is 1. The van der Waals surface area contributed by atoms with Crippen LogP contribution in [0.5, 0.6) is 0 Å². The molecule has 0 bridgehead atoms. The van der Waals surface area contributed by atoms with Crippen LogP contribution in [0, 0.1) is 0 Å². The number of amides is 1.